The summed E-state index contributed by atoms with van der Waals surface area (Å²) in [6.07, 6.45) is 3.39. The van der Waals surface area contributed by atoms with Crippen LogP contribution in [0.4, 0.5) is 0 Å². The van der Waals surface area contributed by atoms with Crippen molar-refractivity contribution >= 4 is 34.3 Å². The molecule has 3 N–H and O–H groups in total. The van der Waals surface area contributed by atoms with Crippen molar-refractivity contribution in [2.45, 2.75) is 26.1 Å². The number of nitrogens with zero attached hydrogens (tertiary/aromatic N) is 3. The van der Waals surface area contributed by atoms with Crippen LogP contribution >= 0.6 is 12.2 Å². The summed E-state index contributed by atoms with van der Waals surface area (Å²) in [7, 11) is 0. The number of fused-ring (bicyclic) bond motifs is 2. The molecule has 0 saturated carbocycles. The van der Waals surface area contributed by atoms with Crippen molar-refractivity contribution in [2.75, 3.05) is 0 Å². The normalized spacial score (nSPS) is 12.7. The molecule has 4 rings (SSSR count). The van der Waals surface area contributed by atoms with Gasteiger partial charge in [-0.05, 0) is 36.8 Å². The SMILES string of the molecule is CC(Cn1c(=S)[nH]c(=O)c2[nH]cnc21)NCc1cnc2ccccc2c1. The number of aromatic amines is 2. The summed E-state index contributed by atoms with van der Waals surface area (Å²) < 4.78 is 2.20. The van der Waals surface area contributed by atoms with Gasteiger partial charge in [-0.1, -0.05) is 18.2 Å². The van der Waals surface area contributed by atoms with Crippen molar-refractivity contribution in [3.63, 3.8) is 0 Å². The van der Waals surface area contributed by atoms with E-state index < -0.39 is 0 Å². The average Bonchev–Trinajstić information content (AvgIpc) is 3.13. The third kappa shape index (κ3) is 3.16. The Labute approximate surface area is 154 Å². The largest absolute Gasteiger partial charge is 0.339 e. The van der Waals surface area contributed by atoms with Crippen molar-refractivity contribution in [1.82, 2.24) is 29.8 Å². The maximum absolute atomic E-state index is 11.9. The third-order valence-electron chi connectivity index (χ3n) is 4.33. The molecule has 7 nitrogen and oxygen atoms in total. The molecule has 0 spiro atoms. The molecule has 0 saturated heterocycles. The first-order valence-electron chi connectivity index (χ1n) is 8.35. The van der Waals surface area contributed by atoms with Gasteiger partial charge in [0.05, 0.1) is 11.8 Å². The number of aromatic nitrogens is 5. The second-order valence-electron chi connectivity index (χ2n) is 6.29. The maximum Gasteiger partial charge on any atom is 0.277 e. The summed E-state index contributed by atoms with van der Waals surface area (Å²) in [6.45, 7) is 3.36. The van der Waals surface area contributed by atoms with Gasteiger partial charge in [-0.15, -0.1) is 0 Å². The molecule has 0 aliphatic heterocycles. The molecule has 1 atom stereocenters. The van der Waals surface area contributed by atoms with E-state index in [4.69, 9.17) is 12.2 Å². The third-order valence-corrected chi connectivity index (χ3v) is 4.65. The molecule has 0 aliphatic rings. The highest BCUT2D eigenvalue weighted by molar-refractivity contribution is 7.71. The predicted molar refractivity (Wildman–Crippen MR) is 104 cm³/mol. The predicted octanol–water partition coefficient (Wildman–Crippen LogP) is 2.51. The number of nitrogens with one attached hydrogen (secondary N) is 3. The van der Waals surface area contributed by atoms with Gasteiger partial charge in [-0.25, -0.2) is 4.98 Å². The lowest BCUT2D eigenvalue weighted by Gasteiger charge is -2.16. The Hall–Kier alpha value is -2.84. The maximum atomic E-state index is 11.9. The smallest absolute Gasteiger partial charge is 0.277 e. The molecule has 132 valence electrons. The highest BCUT2D eigenvalue weighted by Crippen LogP contribution is 2.13. The first-order chi connectivity index (χ1) is 12.6. The van der Waals surface area contributed by atoms with Crippen molar-refractivity contribution < 1.29 is 0 Å². The van der Waals surface area contributed by atoms with Crippen LogP contribution in [0.15, 0.2) is 47.7 Å². The lowest BCUT2D eigenvalue weighted by Crippen LogP contribution is -2.31. The van der Waals surface area contributed by atoms with E-state index in [0.717, 1.165) is 16.5 Å². The second kappa shape index (κ2) is 6.81. The van der Waals surface area contributed by atoms with Crippen molar-refractivity contribution in [1.29, 1.82) is 0 Å². The fraction of sp³-hybridized carbons (Fsp3) is 0.222. The van der Waals surface area contributed by atoms with Gasteiger partial charge in [0, 0.05) is 30.7 Å². The van der Waals surface area contributed by atoms with Crippen LogP contribution in [0.3, 0.4) is 0 Å². The molecule has 0 amide bonds. The molecule has 3 aromatic heterocycles. The highest BCUT2D eigenvalue weighted by Gasteiger charge is 2.11. The van der Waals surface area contributed by atoms with Gasteiger partial charge in [0.25, 0.3) is 5.56 Å². The van der Waals surface area contributed by atoms with E-state index in [1.807, 2.05) is 29.0 Å². The standard InChI is InChI=1S/C18H18N6OS/c1-11(9-24-16-15(21-10-22-16)17(25)23-18(24)26)19-7-12-6-13-4-2-3-5-14(13)20-8-12/h2-6,8,10-11,19H,7,9H2,1H3,(H,21,22)(H,23,25,26). The minimum atomic E-state index is -0.249. The fourth-order valence-electron chi connectivity index (χ4n) is 3.00. The van der Waals surface area contributed by atoms with Gasteiger partial charge < -0.3 is 10.3 Å². The summed E-state index contributed by atoms with van der Waals surface area (Å²) >= 11 is 5.30. The number of hydrogen-bond donors (Lipinski definition) is 3. The lowest BCUT2D eigenvalue weighted by atomic mass is 10.1. The van der Waals surface area contributed by atoms with E-state index in [0.29, 0.717) is 29.0 Å². The van der Waals surface area contributed by atoms with Gasteiger partial charge in [-0.3, -0.25) is 19.3 Å². The van der Waals surface area contributed by atoms with E-state index in [2.05, 4.69) is 44.3 Å². The zero-order valence-electron chi connectivity index (χ0n) is 14.2. The minimum Gasteiger partial charge on any atom is -0.339 e. The Bertz CT molecular complexity index is 1190. The molecule has 4 aromatic rings. The van der Waals surface area contributed by atoms with Crippen LogP contribution in [0.25, 0.3) is 22.1 Å². The second-order valence-corrected chi connectivity index (χ2v) is 6.68. The average molecular weight is 366 g/mol. The van der Waals surface area contributed by atoms with Crippen LogP contribution in [0.2, 0.25) is 0 Å². The van der Waals surface area contributed by atoms with Crippen molar-refractivity contribution in [3.05, 3.63) is 63.5 Å². The molecule has 1 aromatic carbocycles. The Morgan fingerprint density at radius 1 is 1.31 bits per heavy atom. The van der Waals surface area contributed by atoms with Gasteiger partial charge in [0.1, 0.15) is 5.52 Å². The molecule has 1 unspecified atom stereocenters. The number of pyridine rings is 1. The minimum absolute atomic E-state index is 0.124. The molecule has 0 aliphatic carbocycles. The number of para-hydroxylation sites is 1. The van der Waals surface area contributed by atoms with Gasteiger partial charge in [0.15, 0.2) is 10.4 Å². The summed E-state index contributed by atoms with van der Waals surface area (Å²) in [5.41, 5.74) is 2.86. The number of H-pyrrole nitrogens is 2. The van der Waals surface area contributed by atoms with Crippen LogP contribution in [0.1, 0.15) is 12.5 Å². The van der Waals surface area contributed by atoms with Gasteiger partial charge >= 0.3 is 0 Å². The molecule has 0 fully saturated rings. The molecule has 0 bridgehead atoms. The van der Waals surface area contributed by atoms with Crippen LogP contribution in [0, 0.1) is 4.77 Å². The topological polar surface area (TPSA) is 91.4 Å². The first kappa shape index (κ1) is 16.6. The Kier molecular flexibility index (Phi) is 4.36. The molecule has 8 heteroatoms. The molecular formula is C18H18N6OS. The van der Waals surface area contributed by atoms with Crippen LogP contribution in [-0.2, 0) is 13.1 Å². The number of rotatable bonds is 5. The highest BCUT2D eigenvalue weighted by atomic mass is 32.1. The van der Waals surface area contributed by atoms with E-state index in [9.17, 15) is 4.79 Å². The zero-order valence-corrected chi connectivity index (χ0v) is 15.0. The monoisotopic (exact) mass is 366 g/mol. The number of benzene rings is 1. The van der Waals surface area contributed by atoms with Crippen LogP contribution in [-0.4, -0.2) is 30.5 Å². The summed E-state index contributed by atoms with van der Waals surface area (Å²) in [4.78, 5) is 26.1. The lowest BCUT2D eigenvalue weighted by molar-refractivity contribution is 0.475. The van der Waals surface area contributed by atoms with Crippen molar-refractivity contribution in [2.24, 2.45) is 0 Å². The quantitative estimate of drug-likeness (QED) is 0.472. The van der Waals surface area contributed by atoms with E-state index in [-0.39, 0.29) is 11.6 Å². The fourth-order valence-corrected chi connectivity index (χ4v) is 3.25. The van der Waals surface area contributed by atoms with Gasteiger partial charge in [-0.2, -0.15) is 0 Å². The van der Waals surface area contributed by atoms with Crippen LogP contribution in [0.5, 0.6) is 0 Å². The molecular weight excluding hydrogens is 348 g/mol. The Morgan fingerprint density at radius 3 is 3.04 bits per heavy atom. The van der Waals surface area contributed by atoms with Crippen LogP contribution < -0.4 is 10.9 Å². The molecule has 0 radical (unpaired) electrons. The molecule has 3 heterocycles. The summed E-state index contributed by atoms with van der Waals surface area (Å²) in [5, 5.41) is 4.60. The van der Waals surface area contributed by atoms with E-state index in [1.165, 1.54) is 6.33 Å². The number of imidazole rings is 1. The number of hydrogen-bond acceptors (Lipinski definition) is 5. The first-order valence-corrected chi connectivity index (χ1v) is 8.76. The summed E-state index contributed by atoms with van der Waals surface area (Å²) in [5.74, 6) is 0. The Morgan fingerprint density at radius 2 is 2.15 bits per heavy atom. The van der Waals surface area contributed by atoms with Crippen molar-refractivity contribution in [3.8, 4) is 0 Å². The van der Waals surface area contributed by atoms with Gasteiger partial charge in [0.2, 0.25) is 0 Å². The zero-order chi connectivity index (χ0) is 18.1. The van der Waals surface area contributed by atoms with E-state index in [1.54, 1.807) is 0 Å². The Balaban J connectivity index is 1.50. The van der Waals surface area contributed by atoms with E-state index >= 15 is 0 Å². The molecule has 26 heavy (non-hydrogen) atoms. The summed E-state index contributed by atoms with van der Waals surface area (Å²) in [6, 6.07) is 10.3.